The summed E-state index contributed by atoms with van der Waals surface area (Å²) >= 11 is 41.9. The average Bonchev–Trinajstić information content (AvgIpc) is 2.94. The Bertz CT molecular complexity index is 825. The average molecular weight is 525 g/mol. The van der Waals surface area contributed by atoms with Crippen LogP contribution in [0.25, 0.3) is 0 Å². The summed E-state index contributed by atoms with van der Waals surface area (Å²) in [6, 6.07) is 6.65. The van der Waals surface area contributed by atoms with E-state index in [-0.39, 0.29) is 10.1 Å². The minimum Gasteiger partial charge on any atom is -0.274 e. The van der Waals surface area contributed by atoms with Crippen LogP contribution in [0.5, 0.6) is 0 Å². The number of benzene rings is 1. The van der Waals surface area contributed by atoms with E-state index in [1.54, 1.807) is 24.3 Å². The molecule has 1 aromatic carbocycles. The monoisotopic (exact) mass is 521 g/mol. The van der Waals surface area contributed by atoms with Gasteiger partial charge in [-0.15, -0.1) is 23.2 Å². The predicted octanol–water partition coefficient (Wildman–Crippen LogP) is 5.40. The summed E-state index contributed by atoms with van der Waals surface area (Å²) in [6.45, 7) is 0. The van der Waals surface area contributed by atoms with Gasteiger partial charge in [0.15, 0.2) is 4.33 Å². The third-order valence-electron chi connectivity index (χ3n) is 4.99. The van der Waals surface area contributed by atoms with Gasteiger partial charge in [0.1, 0.15) is 9.75 Å². The molecule has 1 saturated heterocycles. The van der Waals surface area contributed by atoms with E-state index in [1.807, 2.05) is 0 Å². The van der Waals surface area contributed by atoms with E-state index in [9.17, 15) is 9.59 Å². The Labute approximate surface area is 181 Å². The molecule has 2 fully saturated rings. The van der Waals surface area contributed by atoms with E-state index >= 15 is 0 Å². The van der Waals surface area contributed by atoms with Crippen molar-refractivity contribution in [2.75, 3.05) is 4.90 Å². The third-order valence-corrected chi connectivity index (χ3v) is 9.78. The Balaban J connectivity index is 1.90. The minimum atomic E-state index is -1.91. The van der Waals surface area contributed by atoms with Crippen molar-refractivity contribution in [3.63, 3.8) is 0 Å². The lowest BCUT2D eigenvalue weighted by Gasteiger charge is -2.34. The Morgan fingerprint density at radius 1 is 0.840 bits per heavy atom. The number of hydrogen-bond acceptors (Lipinski definition) is 2. The van der Waals surface area contributed by atoms with Crippen LogP contribution in [0, 0.1) is 11.8 Å². The van der Waals surface area contributed by atoms with Crippen molar-refractivity contribution in [2.24, 2.45) is 11.8 Å². The lowest BCUT2D eigenvalue weighted by molar-refractivity contribution is -0.123. The number of fused-ring (bicyclic) bond motifs is 5. The molecule has 2 bridgehead atoms. The molecule has 0 radical (unpaired) electrons. The molecule has 10 heteroatoms. The quantitative estimate of drug-likeness (QED) is 0.364. The highest BCUT2D eigenvalue weighted by Gasteiger charge is 2.87. The molecule has 25 heavy (non-hydrogen) atoms. The van der Waals surface area contributed by atoms with Crippen molar-refractivity contribution in [1.82, 2.24) is 0 Å². The van der Waals surface area contributed by atoms with Crippen molar-refractivity contribution in [3.05, 3.63) is 38.8 Å². The minimum absolute atomic E-state index is 0.101. The van der Waals surface area contributed by atoms with Gasteiger partial charge in [0.2, 0.25) is 11.8 Å². The molecule has 2 aliphatic carbocycles. The van der Waals surface area contributed by atoms with Crippen molar-refractivity contribution < 1.29 is 9.59 Å². The lowest BCUT2D eigenvalue weighted by atomic mass is 9.84. The van der Waals surface area contributed by atoms with Gasteiger partial charge in [0.25, 0.3) is 0 Å². The van der Waals surface area contributed by atoms with E-state index in [0.717, 1.165) is 9.37 Å². The Kier molecular flexibility index (Phi) is 4.06. The molecule has 1 aliphatic heterocycles. The summed E-state index contributed by atoms with van der Waals surface area (Å²) in [7, 11) is 0. The van der Waals surface area contributed by atoms with Crippen LogP contribution >= 0.6 is 85.5 Å². The number of halogens is 7. The first-order valence-corrected chi connectivity index (χ1v) is 10.0. The van der Waals surface area contributed by atoms with Gasteiger partial charge < -0.3 is 0 Å². The molecular weight excluding hydrogens is 519 g/mol. The summed E-state index contributed by atoms with van der Waals surface area (Å²) in [4.78, 5) is 23.6. The van der Waals surface area contributed by atoms with Gasteiger partial charge in [-0.05, 0) is 24.3 Å². The van der Waals surface area contributed by atoms with Crippen LogP contribution in [-0.4, -0.2) is 25.9 Å². The molecule has 0 N–H and O–H groups in total. The van der Waals surface area contributed by atoms with Gasteiger partial charge in [0, 0.05) is 4.47 Å². The van der Waals surface area contributed by atoms with Gasteiger partial charge in [-0.3, -0.25) is 9.59 Å². The normalized spacial score (nSPS) is 38.8. The van der Waals surface area contributed by atoms with Crippen LogP contribution in [0.3, 0.4) is 0 Å². The zero-order valence-corrected chi connectivity index (χ0v) is 18.0. The number of rotatable bonds is 1. The summed E-state index contributed by atoms with van der Waals surface area (Å²) < 4.78 is -1.12. The van der Waals surface area contributed by atoms with Crippen LogP contribution in [-0.2, 0) is 9.59 Å². The highest BCUT2D eigenvalue weighted by molar-refractivity contribution is 9.10. The first kappa shape index (κ1) is 18.7. The molecule has 4 rings (SSSR count). The van der Waals surface area contributed by atoms with Gasteiger partial charge in [-0.1, -0.05) is 62.3 Å². The van der Waals surface area contributed by atoms with E-state index in [2.05, 4.69) is 15.9 Å². The second kappa shape index (κ2) is 5.44. The SMILES string of the molecule is O=C1[C@H]2[C@H](C(=O)N1c1ccc(Br)cc1)[C@]1(Cl)C(Cl)=C(Cl)[C@]2(Cl)C1(Cl)Cl. The number of alkyl halides is 4. The number of carbonyl (C=O) groups excluding carboxylic acids is 2. The van der Waals surface area contributed by atoms with Crippen molar-refractivity contribution in [3.8, 4) is 0 Å². The molecular formula is C15H6BrCl6NO2. The Morgan fingerprint density at radius 2 is 1.24 bits per heavy atom. The number of anilines is 1. The fraction of sp³-hybridized carbons (Fsp3) is 0.333. The first-order valence-electron chi connectivity index (χ1n) is 6.96. The Hall–Kier alpha value is 0.320. The van der Waals surface area contributed by atoms with Gasteiger partial charge >= 0.3 is 0 Å². The molecule has 0 unspecified atom stereocenters. The highest BCUT2D eigenvalue weighted by atomic mass is 79.9. The van der Waals surface area contributed by atoms with E-state index < -0.39 is 37.7 Å². The second-order valence-corrected chi connectivity index (χ2v) is 10.3. The van der Waals surface area contributed by atoms with Crippen molar-refractivity contribution in [2.45, 2.75) is 14.1 Å². The van der Waals surface area contributed by atoms with Crippen LogP contribution in [0.15, 0.2) is 38.8 Å². The number of amides is 2. The largest absolute Gasteiger partial charge is 0.274 e. The number of hydrogen-bond donors (Lipinski definition) is 0. The molecule has 4 atom stereocenters. The van der Waals surface area contributed by atoms with Crippen molar-refractivity contribution >= 4 is 103 Å². The summed E-state index contributed by atoms with van der Waals surface area (Å²) in [5.41, 5.74) is 0.384. The fourth-order valence-corrected chi connectivity index (χ4v) is 7.03. The maximum absolute atomic E-state index is 13.1. The Morgan fingerprint density at radius 3 is 1.64 bits per heavy atom. The lowest BCUT2D eigenvalue weighted by Crippen LogP contribution is -2.50. The number of imide groups is 1. The summed E-state index contributed by atoms with van der Waals surface area (Å²) in [5, 5.41) is -0.202. The van der Waals surface area contributed by atoms with Gasteiger partial charge in [-0.2, -0.15) is 0 Å². The fourth-order valence-electron chi connectivity index (χ4n) is 3.84. The molecule has 132 valence electrons. The van der Waals surface area contributed by atoms with E-state index in [4.69, 9.17) is 69.6 Å². The standard InChI is InChI=1S/C15H6BrCl6NO2/c16-5-1-3-6(4-2-5)23-11(24)7-8(12(23)25)14(20)10(18)9(17)13(7,19)15(14,21)22/h1-4,7-8H/t7-,8-,13+,14+/m1/s1. The number of allylic oxidation sites excluding steroid dienone is 2. The van der Waals surface area contributed by atoms with Crippen LogP contribution in [0.2, 0.25) is 0 Å². The molecule has 1 heterocycles. The topological polar surface area (TPSA) is 37.4 Å². The van der Waals surface area contributed by atoms with E-state index in [1.165, 1.54) is 0 Å². The molecule has 0 aromatic heterocycles. The maximum atomic E-state index is 13.1. The first-order chi connectivity index (χ1) is 11.5. The predicted molar refractivity (Wildman–Crippen MR) is 104 cm³/mol. The molecule has 0 spiro atoms. The number of nitrogens with zero attached hydrogens (tertiary/aromatic N) is 1. The maximum Gasteiger partial charge on any atom is 0.240 e. The summed E-state index contributed by atoms with van der Waals surface area (Å²) in [5.74, 6) is -3.37. The number of carbonyl (C=O) groups is 2. The van der Waals surface area contributed by atoms with Gasteiger partial charge in [0.05, 0.1) is 27.6 Å². The van der Waals surface area contributed by atoms with Crippen LogP contribution in [0.1, 0.15) is 0 Å². The van der Waals surface area contributed by atoms with Crippen LogP contribution < -0.4 is 4.90 Å². The van der Waals surface area contributed by atoms with E-state index in [0.29, 0.717) is 5.69 Å². The summed E-state index contributed by atoms with van der Waals surface area (Å²) in [6.07, 6.45) is 0. The molecule has 2 amide bonds. The smallest absolute Gasteiger partial charge is 0.240 e. The molecule has 3 aliphatic rings. The van der Waals surface area contributed by atoms with Crippen molar-refractivity contribution in [1.29, 1.82) is 0 Å². The molecule has 1 saturated carbocycles. The van der Waals surface area contributed by atoms with Crippen LogP contribution in [0.4, 0.5) is 5.69 Å². The second-order valence-electron chi connectivity index (χ2n) is 6.07. The zero-order valence-electron chi connectivity index (χ0n) is 11.9. The highest BCUT2D eigenvalue weighted by Crippen LogP contribution is 2.77. The zero-order chi connectivity index (χ0) is 18.5. The molecule has 3 nitrogen and oxygen atoms in total. The molecule has 1 aromatic rings. The third kappa shape index (κ3) is 1.88. The van der Waals surface area contributed by atoms with Gasteiger partial charge in [-0.25, -0.2) is 4.90 Å².